The fourth-order valence-electron chi connectivity index (χ4n) is 5.40. The highest BCUT2D eigenvalue weighted by atomic mass is 19.1. The number of nitrogens with zero attached hydrogens (tertiary/aromatic N) is 4. The SMILES string of the molecule is CCc1ccc([C@@H]2c3cccn3-c3c(c(CC)nn3-c3ccccc3)CN2C(=O)Nc2cccc(F)c2)cc1. The highest BCUT2D eigenvalue weighted by molar-refractivity contribution is 5.90. The van der Waals surface area contributed by atoms with E-state index < -0.39 is 5.82 Å². The second-order valence-electron chi connectivity index (χ2n) is 9.72. The number of hydrogen-bond donors (Lipinski definition) is 1. The van der Waals surface area contributed by atoms with Crippen LogP contribution in [-0.4, -0.2) is 25.3 Å². The Balaban J connectivity index is 1.54. The molecule has 1 aliphatic heterocycles. The first-order valence-corrected chi connectivity index (χ1v) is 13.3. The minimum absolute atomic E-state index is 0.305. The number of rotatable bonds is 5. The summed E-state index contributed by atoms with van der Waals surface area (Å²) >= 11 is 0. The van der Waals surface area contributed by atoms with Crippen LogP contribution in [0.4, 0.5) is 14.9 Å². The van der Waals surface area contributed by atoms with Crippen molar-refractivity contribution in [2.45, 2.75) is 39.3 Å². The highest BCUT2D eigenvalue weighted by Gasteiger charge is 2.36. The number of carbonyl (C=O) groups is 1. The number of anilines is 1. The third kappa shape index (κ3) is 4.50. The van der Waals surface area contributed by atoms with Crippen LogP contribution in [0.1, 0.15) is 48.0 Å². The van der Waals surface area contributed by atoms with Gasteiger partial charge in [0, 0.05) is 17.4 Å². The topological polar surface area (TPSA) is 55.1 Å². The molecule has 0 radical (unpaired) electrons. The molecule has 0 saturated carbocycles. The Kier molecular flexibility index (Phi) is 6.49. The summed E-state index contributed by atoms with van der Waals surface area (Å²) in [6.07, 6.45) is 3.69. The summed E-state index contributed by atoms with van der Waals surface area (Å²) < 4.78 is 18.1. The molecule has 0 unspecified atom stereocenters. The van der Waals surface area contributed by atoms with E-state index in [-0.39, 0.29) is 12.1 Å². The molecule has 3 heterocycles. The van der Waals surface area contributed by atoms with Crippen LogP contribution in [-0.2, 0) is 19.4 Å². The van der Waals surface area contributed by atoms with Gasteiger partial charge in [-0.25, -0.2) is 13.9 Å². The van der Waals surface area contributed by atoms with Crippen molar-refractivity contribution in [1.82, 2.24) is 19.2 Å². The Hall–Kier alpha value is -4.65. The number of para-hydroxylation sites is 1. The van der Waals surface area contributed by atoms with Gasteiger partial charge in [0.15, 0.2) is 0 Å². The van der Waals surface area contributed by atoms with Crippen molar-refractivity contribution >= 4 is 11.7 Å². The third-order valence-electron chi connectivity index (χ3n) is 7.34. The summed E-state index contributed by atoms with van der Waals surface area (Å²) in [5, 5.41) is 7.94. The van der Waals surface area contributed by atoms with Gasteiger partial charge in [0.25, 0.3) is 0 Å². The van der Waals surface area contributed by atoms with Gasteiger partial charge in [-0.2, -0.15) is 5.10 Å². The zero-order chi connectivity index (χ0) is 26.9. The Morgan fingerprint density at radius 2 is 1.74 bits per heavy atom. The number of aromatic nitrogens is 3. The first kappa shape index (κ1) is 24.7. The van der Waals surface area contributed by atoms with Crippen molar-refractivity contribution in [3.05, 3.63) is 131 Å². The Labute approximate surface area is 227 Å². The van der Waals surface area contributed by atoms with Crippen LogP contribution in [0.5, 0.6) is 0 Å². The first-order chi connectivity index (χ1) is 19.1. The summed E-state index contributed by atoms with van der Waals surface area (Å²) in [4.78, 5) is 15.8. The molecule has 39 heavy (non-hydrogen) atoms. The van der Waals surface area contributed by atoms with Crippen LogP contribution in [0.15, 0.2) is 97.2 Å². The Morgan fingerprint density at radius 3 is 2.46 bits per heavy atom. The zero-order valence-corrected chi connectivity index (χ0v) is 22.0. The molecule has 0 saturated heterocycles. The van der Waals surface area contributed by atoms with E-state index in [1.54, 1.807) is 12.1 Å². The molecule has 1 atom stereocenters. The van der Waals surface area contributed by atoms with Crippen LogP contribution >= 0.6 is 0 Å². The molecular weight excluding hydrogens is 489 g/mol. The number of hydrogen-bond acceptors (Lipinski definition) is 2. The maximum atomic E-state index is 14.0. The van der Waals surface area contributed by atoms with E-state index >= 15 is 0 Å². The van der Waals surface area contributed by atoms with Crippen molar-refractivity contribution in [3.63, 3.8) is 0 Å². The second-order valence-corrected chi connectivity index (χ2v) is 9.72. The molecule has 0 aliphatic carbocycles. The molecule has 6 rings (SSSR count). The molecule has 1 N–H and O–H groups in total. The summed E-state index contributed by atoms with van der Waals surface area (Å²) in [5.41, 5.74) is 6.47. The molecule has 1 aliphatic rings. The van der Waals surface area contributed by atoms with Crippen molar-refractivity contribution in [2.75, 3.05) is 5.32 Å². The van der Waals surface area contributed by atoms with Crippen molar-refractivity contribution < 1.29 is 9.18 Å². The minimum atomic E-state index is -0.399. The van der Waals surface area contributed by atoms with Gasteiger partial charge in [-0.05, 0) is 66.4 Å². The van der Waals surface area contributed by atoms with E-state index in [4.69, 9.17) is 5.10 Å². The molecule has 7 heteroatoms. The number of nitrogens with one attached hydrogen (secondary N) is 1. The molecule has 6 nitrogen and oxygen atoms in total. The van der Waals surface area contributed by atoms with E-state index in [2.05, 4.69) is 54.1 Å². The third-order valence-corrected chi connectivity index (χ3v) is 7.34. The van der Waals surface area contributed by atoms with Gasteiger partial charge in [-0.1, -0.05) is 62.4 Å². The molecule has 0 bridgehead atoms. The van der Waals surface area contributed by atoms with Gasteiger partial charge in [0.1, 0.15) is 11.6 Å². The molecule has 5 aromatic rings. The number of aryl methyl sites for hydroxylation is 2. The van der Waals surface area contributed by atoms with Gasteiger partial charge >= 0.3 is 6.03 Å². The zero-order valence-electron chi connectivity index (χ0n) is 22.0. The van der Waals surface area contributed by atoms with Gasteiger partial charge in [-0.15, -0.1) is 0 Å². The van der Waals surface area contributed by atoms with Crippen LogP contribution in [0, 0.1) is 5.82 Å². The lowest BCUT2D eigenvalue weighted by atomic mass is 9.99. The Bertz CT molecular complexity index is 1620. The maximum Gasteiger partial charge on any atom is 0.322 e. The summed E-state index contributed by atoms with van der Waals surface area (Å²) in [7, 11) is 0. The van der Waals surface area contributed by atoms with Crippen LogP contribution < -0.4 is 5.32 Å². The summed E-state index contributed by atoms with van der Waals surface area (Å²) in [6, 6.07) is 27.9. The molecular formula is C32H30FN5O. The van der Waals surface area contributed by atoms with E-state index in [9.17, 15) is 9.18 Å². The lowest BCUT2D eigenvalue weighted by Gasteiger charge is -2.31. The maximum absolute atomic E-state index is 14.0. The fourth-order valence-corrected chi connectivity index (χ4v) is 5.40. The summed E-state index contributed by atoms with van der Waals surface area (Å²) in [5.74, 6) is 0.526. The lowest BCUT2D eigenvalue weighted by molar-refractivity contribution is 0.194. The van der Waals surface area contributed by atoms with Crippen LogP contribution in [0.2, 0.25) is 0 Å². The molecule has 3 aromatic carbocycles. The average molecular weight is 520 g/mol. The number of fused-ring (bicyclic) bond motifs is 3. The molecule has 0 spiro atoms. The van der Waals surface area contributed by atoms with Gasteiger partial charge in [0.2, 0.25) is 0 Å². The second kappa shape index (κ2) is 10.3. The number of benzene rings is 3. The summed E-state index contributed by atoms with van der Waals surface area (Å²) in [6.45, 7) is 4.55. The van der Waals surface area contributed by atoms with Crippen molar-refractivity contribution in [1.29, 1.82) is 0 Å². The minimum Gasteiger partial charge on any atom is -0.308 e. The lowest BCUT2D eigenvalue weighted by Crippen LogP contribution is -2.38. The standard InChI is InChI=1S/C32H30FN5O/c1-3-22-15-17-23(18-16-22)30-29-14-9-19-36(29)31-27(28(4-2)35-38(31)26-12-6-5-7-13-26)21-37(30)32(39)34-25-11-8-10-24(33)20-25/h5-20,30H,3-4,21H2,1-2H3,(H,34,39)/t30-/m1/s1. The van der Waals surface area contributed by atoms with E-state index in [1.807, 2.05) is 52.2 Å². The van der Waals surface area contributed by atoms with E-state index in [1.165, 1.54) is 17.7 Å². The monoisotopic (exact) mass is 519 g/mol. The number of halogens is 1. The molecule has 2 aromatic heterocycles. The first-order valence-electron chi connectivity index (χ1n) is 13.3. The number of amides is 2. The van der Waals surface area contributed by atoms with Crippen molar-refractivity contribution in [3.8, 4) is 11.5 Å². The molecule has 196 valence electrons. The van der Waals surface area contributed by atoms with Gasteiger partial charge in [-0.3, -0.25) is 0 Å². The normalized spacial score (nSPS) is 14.4. The number of urea groups is 1. The predicted molar refractivity (Wildman–Crippen MR) is 151 cm³/mol. The van der Waals surface area contributed by atoms with Gasteiger partial charge in [0.05, 0.1) is 29.7 Å². The molecule has 2 amide bonds. The van der Waals surface area contributed by atoms with E-state index in [0.717, 1.165) is 40.4 Å². The largest absolute Gasteiger partial charge is 0.322 e. The number of carbonyl (C=O) groups excluding carboxylic acids is 1. The fraction of sp³-hybridized carbons (Fsp3) is 0.188. The van der Waals surface area contributed by atoms with Crippen LogP contribution in [0.3, 0.4) is 0 Å². The quantitative estimate of drug-likeness (QED) is 0.270. The van der Waals surface area contributed by atoms with E-state index in [0.29, 0.717) is 18.7 Å². The Morgan fingerprint density at radius 1 is 0.949 bits per heavy atom. The van der Waals surface area contributed by atoms with Gasteiger partial charge < -0.3 is 14.8 Å². The van der Waals surface area contributed by atoms with Crippen LogP contribution in [0.25, 0.3) is 11.5 Å². The molecule has 0 fully saturated rings. The average Bonchev–Trinajstić information content (AvgIpc) is 3.55. The smallest absolute Gasteiger partial charge is 0.308 e. The highest BCUT2D eigenvalue weighted by Crippen LogP contribution is 2.39. The predicted octanol–water partition coefficient (Wildman–Crippen LogP) is 7.06. The van der Waals surface area contributed by atoms with Crippen molar-refractivity contribution in [2.24, 2.45) is 0 Å².